The molecule has 0 radical (unpaired) electrons. The van der Waals surface area contributed by atoms with E-state index in [-0.39, 0.29) is 22.7 Å². The molecule has 0 aliphatic carbocycles. The predicted octanol–water partition coefficient (Wildman–Crippen LogP) is 3.51. The third-order valence-corrected chi connectivity index (χ3v) is 4.26. The van der Waals surface area contributed by atoms with Crippen molar-refractivity contribution in [3.05, 3.63) is 105 Å². The first-order valence-corrected chi connectivity index (χ1v) is 8.59. The van der Waals surface area contributed by atoms with Gasteiger partial charge in [-0.15, -0.1) is 0 Å². The van der Waals surface area contributed by atoms with Crippen LogP contribution in [0.3, 0.4) is 0 Å². The van der Waals surface area contributed by atoms with Gasteiger partial charge in [0.2, 0.25) is 0 Å². The lowest BCUT2D eigenvalue weighted by Gasteiger charge is -2.10. The molecule has 4 rings (SSSR count). The second-order valence-electron chi connectivity index (χ2n) is 6.09. The molecule has 8 heteroatoms. The number of rotatable bonds is 4. The fourth-order valence-corrected chi connectivity index (χ4v) is 2.88. The highest BCUT2D eigenvalue weighted by molar-refractivity contribution is 6.03. The number of nitro benzene ring substituents is 1. The number of carbonyl (C=O) groups is 1. The van der Waals surface area contributed by atoms with Crippen molar-refractivity contribution in [1.82, 2.24) is 9.78 Å². The smallest absolute Gasteiger partial charge is 0.364 e. The van der Waals surface area contributed by atoms with Crippen LogP contribution in [0.1, 0.15) is 10.5 Å². The zero-order valence-electron chi connectivity index (χ0n) is 14.9. The highest BCUT2D eigenvalue weighted by Crippen LogP contribution is 2.20. The van der Waals surface area contributed by atoms with Gasteiger partial charge in [-0.3, -0.25) is 14.9 Å². The molecule has 1 aromatic heterocycles. The van der Waals surface area contributed by atoms with Gasteiger partial charge in [-0.05, 0) is 30.3 Å². The lowest BCUT2D eigenvalue weighted by molar-refractivity contribution is -0.384. The second-order valence-corrected chi connectivity index (χ2v) is 6.09. The Morgan fingerprint density at radius 3 is 2.17 bits per heavy atom. The number of ether oxygens (including phenoxy) is 1. The van der Waals surface area contributed by atoms with Gasteiger partial charge in [0.25, 0.3) is 11.2 Å². The van der Waals surface area contributed by atoms with Crippen LogP contribution in [0, 0.1) is 10.1 Å². The van der Waals surface area contributed by atoms with Crippen molar-refractivity contribution in [3.8, 4) is 11.4 Å². The highest BCUT2D eigenvalue weighted by Gasteiger charge is 2.19. The van der Waals surface area contributed by atoms with Crippen molar-refractivity contribution in [1.29, 1.82) is 0 Å². The number of non-ortho nitro benzene ring substituents is 1. The van der Waals surface area contributed by atoms with Gasteiger partial charge < -0.3 is 4.74 Å². The summed E-state index contributed by atoms with van der Waals surface area (Å²) in [4.78, 5) is 35.9. The van der Waals surface area contributed by atoms with E-state index >= 15 is 0 Å². The topological polar surface area (TPSA) is 104 Å². The first kappa shape index (κ1) is 18.1. The summed E-state index contributed by atoms with van der Waals surface area (Å²) in [5, 5.41) is 15.7. The number of hydrogen-bond donors (Lipinski definition) is 0. The Kier molecular flexibility index (Phi) is 4.58. The summed E-state index contributed by atoms with van der Waals surface area (Å²) < 4.78 is 6.48. The average Bonchev–Trinajstić information content (AvgIpc) is 2.75. The number of fused-ring (bicyclic) bond motifs is 1. The standard InChI is InChI=1S/C21H13N3O5/c25-20-18-9-5-4-8-17(18)19(22-23(20)14-6-2-1-3-7-14)21(26)29-16-12-10-15(11-13-16)24(27)28/h1-13H. The first-order valence-electron chi connectivity index (χ1n) is 8.59. The fraction of sp³-hybridized carbons (Fsp3) is 0. The molecule has 0 bridgehead atoms. The normalized spacial score (nSPS) is 10.6. The van der Waals surface area contributed by atoms with Gasteiger partial charge in [-0.2, -0.15) is 9.78 Å². The molecule has 0 spiro atoms. The van der Waals surface area contributed by atoms with E-state index < -0.39 is 10.9 Å². The van der Waals surface area contributed by atoms with Crippen molar-refractivity contribution in [2.24, 2.45) is 0 Å². The van der Waals surface area contributed by atoms with Crippen LogP contribution in [-0.4, -0.2) is 20.7 Å². The summed E-state index contributed by atoms with van der Waals surface area (Å²) in [6.07, 6.45) is 0. The van der Waals surface area contributed by atoms with Gasteiger partial charge in [0.05, 0.1) is 16.0 Å². The van der Waals surface area contributed by atoms with Crippen molar-refractivity contribution in [2.45, 2.75) is 0 Å². The van der Waals surface area contributed by atoms with Gasteiger partial charge in [0.1, 0.15) is 5.75 Å². The van der Waals surface area contributed by atoms with Crippen LogP contribution in [0.15, 0.2) is 83.7 Å². The van der Waals surface area contributed by atoms with E-state index in [2.05, 4.69) is 5.10 Å². The Balaban J connectivity index is 1.80. The van der Waals surface area contributed by atoms with Gasteiger partial charge in [0.15, 0.2) is 5.69 Å². The molecule has 142 valence electrons. The number of nitrogens with zero attached hydrogens (tertiary/aromatic N) is 3. The molecular formula is C21H13N3O5. The minimum atomic E-state index is -0.778. The van der Waals surface area contributed by atoms with E-state index in [4.69, 9.17) is 4.74 Å². The number of benzene rings is 3. The van der Waals surface area contributed by atoms with Crippen molar-refractivity contribution in [2.75, 3.05) is 0 Å². The molecule has 4 aromatic rings. The van der Waals surface area contributed by atoms with Crippen molar-refractivity contribution in [3.63, 3.8) is 0 Å². The number of para-hydroxylation sites is 1. The molecule has 3 aromatic carbocycles. The SMILES string of the molecule is O=C(Oc1ccc([N+](=O)[O-])cc1)c1nn(-c2ccccc2)c(=O)c2ccccc12. The summed E-state index contributed by atoms with van der Waals surface area (Å²) in [7, 11) is 0. The maximum absolute atomic E-state index is 12.8. The van der Waals surface area contributed by atoms with E-state index in [1.54, 1.807) is 54.6 Å². The zero-order valence-corrected chi connectivity index (χ0v) is 14.9. The molecule has 0 saturated carbocycles. The number of aromatic nitrogens is 2. The highest BCUT2D eigenvalue weighted by atomic mass is 16.6. The molecule has 0 unspecified atom stereocenters. The van der Waals surface area contributed by atoms with Crippen molar-refractivity contribution < 1.29 is 14.5 Å². The largest absolute Gasteiger partial charge is 0.422 e. The van der Waals surface area contributed by atoms with Crippen LogP contribution < -0.4 is 10.3 Å². The Bertz CT molecular complexity index is 1280. The Hall–Kier alpha value is -4.33. The fourth-order valence-electron chi connectivity index (χ4n) is 2.88. The van der Waals surface area contributed by atoms with Gasteiger partial charge in [-0.1, -0.05) is 36.4 Å². The quantitative estimate of drug-likeness (QED) is 0.230. The van der Waals surface area contributed by atoms with Crippen LogP contribution in [0.5, 0.6) is 5.75 Å². The monoisotopic (exact) mass is 387 g/mol. The molecule has 0 N–H and O–H groups in total. The molecule has 0 aliphatic rings. The van der Waals surface area contributed by atoms with Crippen molar-refractivity contribution >= 4 is 22.4 Å². The molecule has 0 amide bonds. The Labute approximate surface area is 163 Å². The molecule has 0 fully saturated rings. The first-order chi connectivity index (χ1) is 14.0. The number of esters is 1. The third kappa shape index (κ3) is 3.46. The zero-order chi connectivity index (χ0) is 20.4. The third-order valence-electron chi connectivity index (χ3n) is 4.26. The average molecular weight is 387 g/mol. The van der Waals surface area contributed by atoms with Crippen LogP contribution in [0.25, 0.3) is 16.5 Å². The second kappa shape index (κ2) is 7.35. The van der Waals surface area contributed by atoms with Crippen LogP contribution >= 0.6 is 0 Å². The van der Waals surface area contributed by atoms with E-state index in [0.29, 0.717) is 16.5 Å². The summed E-state index contributed by atoms with van der Waals surface area (Å²) in [5.74, 6) is -0.649. The van der Waals surface area contributed by atoms with Gasteiger partial charge >= 0.3 is 5.97 Å². The summed E-state index contributed by atoms with van der Waals surface area (Å²) in [6, 6.07) is 20.5. The summed E-state index contributed by atoms with van der Waals surface area (Å²) in [6.45, 7) is 0. The van der Waals surface area contributed by atoms with Gasteiger partial charge in [0, 0.05) is 17.5 Å². The lowest BCUT2D eigenvalue weighted by atomic mass is 10.1. The summed E-state index contributed by atoms with van der Waals surface area (Å²) >= 11 is 0. The van der Waals surface area contributed by atoms with Gasteiger partial charge in [-0.25, -0.2) is 4.79 Å². The molecule has 0 saturated heterocycles. The minimum Gasteiger partial charge on any atom is -0.422 e. The van der Waals surface area contributed by atoms with Crippen LogP contribution in [-0.2, 0) is 0 Å². The maximum Gasteiger partial charge on any atom is 0.364 e. The summed E-state index contributed by atoms with van der Waals surface area (Å²) in [5.41, 5.74) is -0.0141. The Morgan fingerprint density at radius 1 is 0.897 bits per heavy atom. The van der Waals surface area contributed by atoms with E-state index in [1.165, 1.54) is 24.3 Å². The molecule has 8 nitrogen and oxygen atoms in total. The minimum absolute atomic E-state index is 0.0394. The van der Waals surface area contributed by atoms with E-state index in [1.807, 2.05) is 0 Å². The van der Waals surface area contributed by atoms with Crippen LogP contribution in [0.2, 0.25) is 0 Å². The molecule has 0 atom stereocenters. The molecule has 0 aliphatic heterocycles. The molecule has 1 heterocycles. The molecule has 29 heavy (non-hydrogen) atoms. The van der Waals surface area contributed by atoms with E-state index in [0.717, 1.165) is 4.68 Å². The van der Waals surface area contributed by atoms with E-state index in [9.17, 15) is 19.7 Å². The lowest BCUT2D eigenvalue weighted by Crippen LogP contribution is -2.25. The molecular weight excluding hydrogens is 374 g/mol. The Morgan fingerprint density at radius 2 is 1.52 bits per heavy atom. The number of carbonyl (C=O) groups excluding carboxylic acids is 1. The number of hydrogen-bond acceptors (Lipinski definition) is 6. The van der Waals surface area contributed by atoms with Crippen LogP contribution in [0.4, 0.5) is 5.69 Å². The predicted molar refractivity (Wildman–Crippen MR) is 105 cm³/mol. The number of nitro groups is 1. The maximum atomic E-state index is 12.8.